The van der Waals surface area contributed by atoms with Gasteiger partial charge in [0.25, 0.3) is 0 Å². The summed E-state index contributed by atoms with van der Waals surface area (Å²) in [5.41, 5.74) is -0.386. The van der Waals surface area contributed by atoms with Crippen LogP contribution in [0.2, 0.25) is 0 Å². The van der Waals surface area contributed by atoms with Gasteiger partial charge in [0.2, 0.25) is 0 Å². The van der Waals surface area contributed by atoms with Crippen LogP contribution in [0.4, 0.5) is 13.2 Å². The Balaban J connectivity index is 2.94. The van der Waals surface area contributed by atoms with Crippen LogP contribution < -0.4 is 0 Å². The quantitative estimate of drug-likeness (QED) is 0.588. The van der Waals surface area contributed by atoms with E-state index in [0.717, 1.165) is 0 Å². The van der Waals surface area contributed by atoms with Gasteiger partial charge in [-0.3, -0.25) is 4.79 Å². The molecule has 5 heteroatoms. The molecule has 1 aromatic carbocycles. The SMILES string of the molecule is CSCCC(=O)c1cc(F)c(F)cc1F. The van der Waals surface area contributed by atoms with Crippen LogP contribution in [0.3, 0.4) is 0 Å². The number of hydrogen-bond acceptors (Lipinski definition) is 2. The second-order valence-electron chi connectivity index (χ2n) is 2.91. The summed E-state index contributed by atoms with van der Waals surface area (Å²) in [6, 6.07) is 0.995. The van der Waals surface area contributed by atoms with Crippen molar-refractivity contribution in [1.82, 2.24) is 0 Å². The lowest BCUT2D eigenvalue weighted by atomic mass is 10.1. The van der Waals surface area contributed by atoms with Crippen molar-refractivity contribution in [3.63, 3.8) is 0 Å². The number of carbonyl (C=O) groups excluding carboxylic acids is 1. The highest BCUT2D eigenvalue weighted by Gasteiger charge is 2.15. The Labute approximate surface area is 89.7 Å². The number of Topliss-reactive ketones (excluding diaryl/α,β-unsaturated/α-hetero) is 1. The molecule has 0 spiro atoms. The van der Waals surface area contributed by atoms with Gasteiger partial charge in [-0.05, 0) is 12.3 Å². The summed E-state index contributed by atoms with van der Waals surface area (Å²) in [7, 11) is 0. The maximum atomic E-state index is 13.1. The molecule has 0 heterocycles. The van der Waals surface area contributed by atoms with Crippen molar-refractivity contribution in [1.29, 1.82) is 0 Å². The fourth-order valence-corrected chi connectivity index (χ4v) is 1.46. The molecule has 0 saturated heterocycles. The van der Waals surface area contributed by atoms with Crippen LogP contribution in [0.15, 0.2) is 12.1 Å². The van der Waals surface area contributed by atoms with E-state index < -0.39 is 23.2 Å². The van der Waals surface area contributed by atoms with Crippen molar-refractivity contribution in [2.75, 3.05) is 12.0 Å². The molecule has 0 unspecified atom stereocenters. The number of hydrogen-bond donors (Lipinski definition) is 0. The summed E-state index contributed by atoms with van der Waals surface area (Å²) in [5, 5.41) is 0. The van der Waals surface area contributed by atoms with Gasteiger partial charge in [-0.15, -0.1) is 0 Å². The second-order valence-corrected chi connectivity index (χ2v) is 3.90. The van der Waals surface area contributed by atoms with Crippen LogP contribution in [0, 0.1) is 17.5 Å². The van der Waals surface area contributed by atoms with E-state index in [1.807, 2.05) is 0 Å². The topological polar surface area (TPSA) is 17.1 Å². The van der Waals surface area contributed by atoms with Gasteiger partial charge in [-0.25, -0.2) is 13.2 Å². The van der Waals surface area contributed by atoms with Crippen molar-refractivity contribution in [2.24, 2.45) is 0 Å². The smallest absolute Gasteiger partial charge is 0.166 e. The molecule has 0 fully saturated rings. The highest BCUT2D eigenvalue weighted by molar-refractivity contribution is 7.98. The third-order valence-electron chi connectivity index (χ3n) is 1.84. The molecule has 15 heavy (non-hydrogen) atoms. The molecule has 1 aromatic rings. The highest BCUT2D eigenvalue weighted by atomic mass is 32.2. The predicted octanol–water partition coefficient (Wildman–Crippen LogP) is 3.04. The first-order chi connectivity index (χ1) is 7.06. The lowest BCUT2D eigenvalue weighted by Gasteiger charge is -2.02. The minimum absolute atomic E-state index is 0.114. The molecule has 0 radical (unpaired) electrons. The van der Waals surface area contributed by atoms with Gasteiger partial charge in [0, 0.05) is 18.2 Å². The molecule has 0 amide bonds. The molecule has 0 aliphatic heterocycles. The lowest BCUT2D eigenvalue weighted by molar-refractivity contribution is 0.0985. The van der Waals surface area contributed by atoms with Crippen molar-refractivity contribution in [2.45, 2.75) is 6.42 Å². The van der Waals surface area contributed by atoms with Gasteiger partial charge in [0.15, 0.2) is 17.4 Å². The Bertz CT molecular complexity index is 379. The van der Waals surface area contributed by atoms with E-state index in [2.05, 4.69) is 0 Å². The summed E-state index contributed by atoms with van der Waals surface area (Å²) in [6.07, 6.45) is 1.91. The van der Waals surface area contributed by atoms with Gasteiger partial charge in [-0.2, -0.15) is 11.8 Å². The summed E-state index contributed by atoms with van der Waals surface area (Å²) in [6.45, 7) is 0. The average Bonchev–Trinajstić information content (AvgIpc) is 2.20. The number of thioether (sulfide) groups is 1. The van der Waals surface area contributed by atoms with Crippen molar-refractivity contribution in [3.05, 3.63) is 35.1 Å². The Morgan fingerprint density at radius 3 is 2.40 bits per heavy atom. The summed E-state index contributed by atoms with van der Waals surface area (Å²) in [4.78, 5) is 11.3. The number of carbonyl (C=O) groups is 1. The normalized spacial score (nSPS) is 10.4. The van der Waals surface area contributed by atoms with Crippen molar-refractivity contribution >= 4 is 17.5 Å². The third kappa shape index (κ3) is 2.99. The highest BCUT2D eigenvalue weighted by Crippen LogP contribution is 2.16. The van der Waals surface area contributed by atoms with E-state index in [-0.39, 0.29) is 12.0 Å². The number of benzene rings is 1. The van der Waals surface area contributed by atoms with Gasteiger partial charge >= 0.3 is 0 Å². The second kappa shape index (κ2) is 5.21. The molecule has 0 N–H and O–H groups in total. The van der Waals surface area contributed by atoms with Crippen LogP contribution in [-0.2, 0) is 0 Å². The maximum Gasteiger partial charge on any atom is 0.166 e. The fourth-order valence-electron chi connectivity index (χ4n) is 1.07. The molecule has 0 aliphatic carbocycles. The maximum absolute atomic E-state index is 13.1. The molecule has 1 rings (SSSR count). The van der Waals surface area contributed by atoms with Crippen molar-refractivity contribution < 1.29 is 18.0 Å². The lowest BCUT2D eigenvalue weighted by Crippen LogP contribution is -2.05. The minimum Gasteiger partial charge on any atom is -0.294 e. The standard InChI is InChI=1S/C10H9F3OS/c1-15-3-2-10(14)6-4-8(12)9(13)5-7(6)11/h4-5H,2-3H2,1H3. The van der Waals surface area contributed by atoms with Gasteiger partial charge < -0.3 is 0 Å². The van der Waals surface area contributed by atoms with E-state index in [9.17, 15) is 18.0 Å². The third-order valence-corrected chi connectivity index (χ3v) is 2.46. The van der Waals surface area contributed by atoms with E-state index in [0.29, 0.717) is 17.9 Å². The first kappa shape index (κ1) is 12.1. The Morgan fingerprint density at radius 2 is 1.80 bits per heavy atom. The van der Waals surface area contributed by atoms with Gasteiger partial charge in [0.1, 0.15) is 5.82 Å². The number of ketones is 1. The Morgan fingerprint density at radius 1 is 1.20 bits per heavy atom. The number of rotatable bonds is 4. The molecule has 0 atom stereocenters. The molecule has 82 valence electrons. The zero-order valence-corrected chi connectivity index (χ0v) is 8.84. The van der Waals surface area contributed by atoms with Crippen LogP contribution in [0.25, 0.3) is 0 Å². The molecular formula is C10H9F3OS. The van der Waals surface area contributed by atoms with Crippen LogP contribution >= 0.6 is 11.8 Å². The predicted molar refractivity (Wildman–Crippen MR) is 53.6 cm³/mol. The van der Waals surface area contributed by atoms with Crippen LogP contribution in [-0.4, -0.2) is 17.8 Å². The van der Waals surface area contributed by atoms with Gasteiger partial charge in [0.05, 0.1) is 5.56 Å². The molecule has 0 bridgehead atoms. The molecule has 0 aliphatic rings. The van der Waals surface area contributed by atoms with Crippen LogP contribution in [0.5, 0.6) is 0 Å². The van der Waals surface area contributed by atoms with E-state index in [1.165, 1.54) is 11.8 Å². The summed E-state index contributed by atoms with van der Waals surface area (Å²) in [5.74, 6) is -3.49. The van der Waals surface area contributed by atoms with Gasteiger partial charge in [-0.1, -0.05) is 0 Å². The van der Waals surface area contributed by atoms with Crippen LogP contribution in [0.1, 0.15) is 16.8 Å². The fraction of sp³-hybridized carbons (Fsp3) is 0.300. The summed E-state index contributed by atoms with van der Waals surface area (Å²) >= 11 is 1.43. The van der Waals surface area contributed by atoms with E-state index in [4.69, 9.17) is 0 Å². The van der Waals surface area contributed by atoms with E-state index >= 15 is 0 Å². The van der Waals surface area contributed by atoms with Crippen molar-refractivity contribution in [3.8, 4) is 0 Å². The largest absolute Gasteiger partial charge is 0.294 e. The molecular weight excluding hydrogens is 225 g/mol. The minimum atomic E-state index is -1.28. The zero-order valence-electron chi connectivity index (χ0n) is 8.02. The zero-order chi connectivity index (χ0) is 11.4. The van der Waals surface area contributed by atoms with E-state index in [1.54, 1.807) is 6.26 Å². The molecule has 1 nitrogen and oxygen atoms in total. The monoisotopic (exact) mass is 234 g/mol. The Kier molecular flexibility index (Phi) is 4.20. The number of halogens is 3. The first-order valence-electron chi connectivity index (χ1n) is 4.23. The average molecular weight is 234 g/mol. The summed E-state index contributed by atoms with van der Waals surface area (Å²) < 4.78 is 38.4. The Hall–Kier alpha value is -0.970. The molecule has 0 aromatic heterocycles. The molecule has 0 saturated carbocycles. The first-order valence-corrected chi connectivity index (χ1v) is 5.62.